The topological polar surface area (TPSA) is 173 Å². The zero-order chi connectivity index (χ0) is 52.1. The van der Waals surface area contributed by atoms with Gasteiger partial charge in [-0.2, -0.15) is 8.78 Å². The van der Waals surface area contributed by atoms with Gasteiger partial charge in [-0.1, -0.05) is 103 Å². The third kappa shape index (κ3) is 12.9. The number of hydrogen-bond donors (Lipinski definition) is 3. The first-order valence-electron chi connectivity index (χ1n) is 22.9. The van der Waals surface area contributed by atoms with Crippen LogP contribution in [0.2, 0.25) is 0 Å². The highest BCUT2D eigenvalue weighted by Gasteiger charge is 2.33. The number of nitrogens with zero attached hydrogens (tertiary/aromatic N) is 1. The Labute approximate surface area is 420 Å². The van der Waals surface area contributed by atoms with Crippen LogP contribution in [0.1, 0.15) is 23.1 Å². The molecule has 3 atom stereocenters. The van der Waals surface area contributed by atoms with Crippen LogP contribution in [0.25, 0.3) is 22.2 Å². The quantitative estimate of drug-likeness (QED) is 0.0218. The molecule has 1 aliphatic heterocycles. The van der Waals surface area contributed by atoms with Crippen molar-refractivity contribution in [3.8, 4) is 34.3 Å². The molecule has 0 radical (unpaired) electrons. The molecule has 14 nitrogen and oxygen atoms in total. The number of ether oxygens (including phenoxy) is 6. The first-order valence-corrected chi connectivity index (χ1v) is 22.9. The van der Waals surface area contributed by atoms with Gasteiger partial charge in [-0.25, -0.2) is 32.5 Å². The Morgan fingerprint density at radius 2 is 1.30 bits per heavy atom. The van der Waals surface area contributed by atoms with Gasteiger partial charge in [0.05, 0.1) is 37.2 Å². The summed E-state index contributed by atoms with van der Waals surface area (Å²) in [5, 5.41) is 8.74. The van der Waals surface area contributed by atoms with Gasteiger partial charge in [0, 0.05) is 35.9 Å². The molecule has 7 aromatic rings. The number of aromatic nitrogens is 1. The standard InChI is InChI=1S/C55H45F5N4O10/c1-69-36-20-21-39-42(26-36)62-41(35-17-9-4-10-18-35)28-45(39)73-38-27-43(61-29-38)52(65)63-40(53(66)71-30-32-12-5-2-6-13-32)22-23-70-37-19-11-16-34(24-37)25-44(64-55(68)72-31-33-14-7-3-8-15-33)54(67)74-51-49(59)47(57)46(56)48(58)50(51)60/h2-21,24,26-28,38,40,44,61H,22-23,25,29-31H2,1H3,(H,63,65)(H,64,68)/t38-,40?,44?/m1/s1. The average Bonchev–Trinajstić information content (AvgIpc) is 3.90. The highest BCUT2D eigenvalue weighted by molar-refractivity contribution is 5.96. The number of rotatable bonds is 20. The van der Waals surface area contributed by atoms with Crippen molar-refractivity contribution in [1.82, 2.24) is 20.9 Å². The van der Waals surface area contributed by atoms with Crippen molar-refractivity contribution in [2.24, 2.45) is 0 Å². The minimum absolute atomic E-state index is 0.0930. The molecule has 0 saturated heterocycles. The molecule has 3 N–H and O–H groups in total. The maximum absolute atomic E-state index is 14.6. The second kappa shape index (κ2) is 23.9. The number of carbonyl (C=O) groups excluding carboxylic acids is 4. The van der Waals surface area contributed by atoms with Crippen LogP contribution in [0.3, 0.4) is 0 Å². The molecule has 0 aliphatic carbocycles. The number of nitrogens with one attached hydrogen (secondary N) is 3. The van der Waals surface area contributed by atoms with Gasteiger partial charge in [0.15, 0.2) is 0 Å². The van der Waals surface area contributed by atoms with Crippen LogP contribution in [-0.2, 0) is 43.5 Å². The van der Waals surface area contributed by atoms with Gasteiger partial charge in [0.25, 0.3) is 5.91 Å². The summed E-state index contributed by atoms with van der Waals surface area (Å²) in [4.78, 5) is 58.6. The first-order chi connectivity index (χ1) is 35.8. The van der Waals surface area contributed by atoms with Crippen molar-refractivity contribution in [1.29, 1.82) is 0 Å². The van der Waals surface area contributed by atoms with Crippen LogP contribution in [0.4, 0.5) is 26.7 Å². The average molecular weight is 1020 g/mol. The summed E-state index contributed by atoms with van der Waals surface area (Å²) in [6, 6.07) is 37.0. The van der Waals surface area contributed by atoms with Crippen molar-refractivity contribution in [2.45, 2.75) is 44.2 Å². The molecule has 0 spiro atoms. The number of alkyl carbamates (subject to hydrolysis) is 1. The summed E-state index contributed by atoms with van der Waals surface area (Å²) in [6.45, 7) is -0.320. The summed E-state index contributed by atoms with van der Waals surface area (Å²) in [7, 11) is 1.56. The molecule has 2 unspecified atom stereocenters. The lowest BCUT2D eigenvalue weighted by atomic mass is 10.1. The van der Waals surface area contributed by atoms with E-state index in [2.05, 4.69) is 20.7 Å². The number of esters is 2. The third-order valence-corrected chi connectivity index (χ3v) is 11.4. The summed E-state index contributed by atoms with van der Waals surface area (Å²) in [5.41, 5.74) is 3.82. The van der Waals surface area contributed by atoms with Crippen LogP contribution in [-0.4, -0.2) is 67.4 Å². The predicted octanol–water partition coefficient (Wildman–Crippen LogP) is 8.98. The molecular formula is C55H45F5N4O10. The summed E-state index contributed by atoms with van der Waals surface area (Å²) < 4.78 is 104. The number of carbonyl (C=O) groups is 4. The molecule has 6 aromatic carbocycles. The van der Waals surface area contributed by atoms with E-state index in [0.717, 1.165) is 5.56 Å². The van der Waals surface area contributed by atoms with Gasteiger partial charge in [0.2, 0.25) is 34.8 Å². The zero-order valence-electron chi connectivity index (χ0n) is 39.3. The van der Waals surface area contributed by atoms with E-state index >= 15 is 0 Å². The van der Waals surface area contributed by atoms with Crippen molar-refractivity contribution in [2.75, 3.05) is 20.3 Å². The van der Waals surface area contributed by atoms with E-state index in [-0.39, 0.29) is 49.8 Å². The second-order valence-corrected chi connectivity index (χ2v) is 16.6. The second-order valence-electron chi connectivity index (χ2n) is 16.6. The Hall–Kier alpha value is -9.00. The Kier molecular flexibility index (Phi) is 16.6. The smallest absolute Gasteiger partial charge is 0.408 e. The lowest BCUT2D eigenvalue weighted by Crippen LogP contribution is -2.45. The highest BCUT2D eigenvalue weighted by atomic mass is 19.2. The van der Waals surface area contributed by atoms with E-state index in [1.54, 1.807) is 86.0 Å². The lowest BCUT2D eigenvalue weighted by molar-refractivity contribution is -0.149. The van der Waals surface area contributed by atoms with Gasteiger partial charge in [-0.3, -0.25) is 4.79 Å². The van der Waals surface area contributed by atoms with E-state index in [9.17, 15) is 41.1 Å². The number of hydrogen-bond acceptors (Lipinski definition) is 12. The molecule has 1 aliphatic rings. The Morgan fingerprint density at radius 1 is 0.662 bits per heavy atom. The first kappa shape index (κ1) is 51.4. The third-order valence-electron chi connectivity index (χ3n) is 11.4. The minimum atomic E-state index is -2.47. The number of halogens is 5. The number of amides is 2. The molecule has 380 valence electrons. The van der Waals surface area contributed by atoms with Gasteiger partial charge >= 0.3 is 18.0 Å². The van der Waals surface area contributed by atoms with Gasteiger partial charge in [-0.05, 0) is 47.0 Å². The number of methoxy groups -OCH3 is 1. The molecule has 0 fully saturated rings. The molecule has 19 heteroatoms. The van der Waals surface area contributed by atoms with Crippen LogP contribution in [0.15, 0.2) is 151 Å². The number of benzene rings is 6. The van der Waals surface area contributed by atoms with Crippen LogP contribution in [0, 0.1) is 29.1 Å². The van der Waals surface area contributed by atoms with E-state index in [0.29, 0.717) is 39.2 Å². The van der Waals surface area contributed by atoms with Gasteiger partial charge < -0.3 is 44.4 Å². The summed E-state index contributed by atoms with van der Waals surface area (Å²) in [6.07, 6.45) is -0.772. The molecule has 2 heterocycles. The van der Waals surface area contributed by atoms with Crippen molar-refractivity contribution < 1.29 is 69.6 Å². The van der Waals surface area contributed by atoms with E-state index in [1.165, 1.54) is 24.3 Å². The minimum Gasteiger partial charge on any atom is -0.497 e. The van der Waals surface area contributed by atoms with E-state index in [1.807, 2.05) is 42.5 Å². The molecule has 0 bridgehead atoms. The molecule has 74 heavy (non-hydrogen) atoms. The monoisotopic (exact) mass is 1020 g/mol. The van der Waals surface area contributed by atoms with Crippen LogP contribution in [0.5, 0.6) is 23.0 Å². The Morgan fingerprint density at radius 3 is 1.97 bits per heavy atom. The van der Waals surface area contributed by atoms with E-state index in [4.69, 9.17) is 28.7 Å². The Bertz CT molecular complexity index is 3160. The SMILES string of the molecule is COc1ccc2c(O[C@@H]3C=C(C(=O)NC(CCOc4cccc(CC(NC(=O)OCc5ccccc5)C(=O)Oc5c(F)c(F)c(F)c(F)c5F)c4)C(=O)OCc4ccccc4)NC3)cc(-c3ccccc3)nc2c1. The van der Waals surface area contributed by atoms with Gasteiger partial charge in [-0.15, -0.1) is 0 Å². The van der Waals surface area contributed by atoms with Crippen molar-refractivity contribution in [3.63, 3.8) is 0 Å². The van der Waals surface area contributed by atoms with Crippen molar-refractivity contribution >= 4 is 34.8 Å². The summed E-state index contributed by atoms with van der Waals surface area (Å²) in [5.74, 6) is -15.6. The fraction of sp³-hybridized carbons (Fsp3) is 0.182. The predicted molar refractivity (Wildman–Crippen MR) is 258 cm³/mol. The van der Waals surface area contributed by atoms with E-state index < -0.39 is 83.4 Å². The van der Waals surface area contributed by atoms with Gasteiger partial charge in [0.1, 0.15) is 48.6 Å². The normalized spacial score (nSPS) is 13.6. The summed E-state index contributed by atoms with van der Waals surface area (Å²) >= 11 is 0. The van der Waals surface area contributed by atoms with Crippen LogP contribution >= 0.6 is 0 Å². The fourth-order valence-corrected chi connectivity index (χ4v) is 7.62. The molecule has 8 rings (SSSR count). The van der Waals surface area contributed by atoms with Crippen molar-refractivity contribution in [3.05, 3.63) is 197 Å². The molecular weight excluding hydrogens is 972 g/mol. The number of pyridine rings is 1. The maximum atomic E-state index is 14.6. The van der Waals surface area contributed by atoms with Crippen LogP contribution < -0.4 is 34.9 Å². The Balaban J connectivity index is 0.955. The molecule has 0 saturated carbocycles. The zero-order valence-corrected chi connectivity index (χ0v) is 39.3. The maximum Gasteiger partial charge on any atom is 0.408 e. The fourth-order valence-electron chi connectivity index (χ4n) is 7.62. The highest BCUT2D eigenvalue weighted by Crippen LogP contribution is 2.34. The molecule has 1 aromatic heterocycles. The lowest BCUT2D eigenvalue weighted by Gasteiger charge is -2.19. The molecule has 2 amide bonds. The largest absolute Gasteiger partial charge is 0.497 e. The number of fused-ring (bicyclic) bond motifs is 1.